The summed E-state index contributed by atoms with van der Waals surface area (Å²) in [6, 6.07) is 0. The second-order valence-corrected chi connectivity index (χ2v) is 3.84. The maximum Gasteiger partial charge on any atom is 0.309 e. The van der Waals surface area contributed by atoms with E-state index in [0.29, 0.717) is 0 Å². The highest BCUT2D eigenvalue weighted by Crippen LogP contribution is 2.55. The predicted molar refractivity (Wildman–Crippen MR) is 34.5 cm³/mol. The van der Waals surface area contributed by atoms with Crippen molar-refractivity contribution in [3.8, 4) is 0 Å². The molecule has 3 fully saturated rings. The van der Waals surface area contributed by atoms with Crippen LogP contribution in [0.4, 0.5) is 4.39 Å². The zero-order valence-corrected chi connectivity index (χ0v) is 6.00. The number of hydrogen-bond acceptors (Lipinski definition) is 2. The largest absolute Gasteiger partial charge is 0.462 e. The van der Waals surface area contributed by atoms with Gasteiger partial charge in [0.25, 0.3) is 0 Å². The molecule has 0 aromatic carbocycles. The van der Waals surface area contributed by atoms with Gasteiger partial charge in [-0.3, -0.25) is 4.79 Å². The molecule has 3 rings (SSSR count). The maximum atomic E-state index is 13.3. The van der Waals surface area contributed by atoms with E-state index < -0.39 is 6.17 Å². The number of carbonyl (C=O) groups excluding carboxylic acids is 1. The van der Waals surface area contributed by atoms with Gasteiger partial charge in [-0.15, -0.1) is 0 Å². The summed E-state index contributed by atoms with van der Waals surface area (Å²) >= 11 is 0. The topological polar surface area (TPSA) is 26.3 Å². The van der Waals surface area contributed by atoms with Gasteiger partial charge in [-0.1, -0.05) is 0 Å². The predicted octanol–water partition coefficient (Wildman–Crippen LogP) is 0.906. The van der Waals surface area contributed by atoms with Gasteiger partial charge in [0, 0.05) is 5.92 Å². The van der Waals surface area contributed by atoms with Gasteiger partial charge >= 0.3 is 5.97 Å². The lowest BCUT2D eigenvalue weighted by molar-refractivity contribution is -0.143. The Labute approximate surface area is 63.7 Å². The summed E-state index contributed by atoms with van der Waals surface area (Å²) in [5, 5.41) is 0. The van der Waals surface area contributed by atoms with Crippen LogP contribution in [0.1, 0.15) is 12.8 Å². The van der Waals surface area contributed by atoms with Crippen LogP contribution >= 0.6 is 0 Å². The molecule has 1 aliphatic heterocycles. The Bertz CT molecular complexity index is 228. The van der Waals surface area contributed by atoms with Gasteiger partial charge in [0.15, 0.2) is 0 Å². The zero-order valence-electron chi connectivity index (χ0n) is 6.00. The van der Waals surface area contributed by atoms with Crippen LogP contribution in [0.15, 0.2) is 0 Å². The summed E-state index contributed by atoms with van der Waals surface area (Å²) in [4.78, 5) is 11.0. The summed E-state index contributed by atoms with van der Waals surface area (Å²) < 4.78 is 18.3. The first-order valence-electron chi connectivity index (χ1n) is 4.12. The average Bonchev–Trinajstić information content (AvgIpc) is 2.47. The second kappa shape index (κ2) is 1.59. The van der Waals surface area contributed by atoms with E-state index in [-0.39, 0.29) is 29.8 Å². The molecule has 0 amide bonds. The molecule has 0 unspecified atom stereocenters. The Morgan fingerprint density at radius 2 is 2.27 bits per heavy atom. The first kappa shape index (κ1) is 5.98. The van der Waals surface area contributed by atoms with E-state index >= 15 is 0 Å². The number of hydrogen-bond donors (Lipinski definition) is 0. The van der Waals surface area contributed by atoms with E-state index in [9.17, 15) is 9.18 Å². The van der Waals surface area contributed by atoms with Gasteiger partial charge in [0.05, 0.1) is 5.92 Å². The Balaban J connectivity index is 2.05. The van der Waals surface area contributed by atoms with Crippen molar-refractivity contribution in [2.45, 2.75) is 25.1 Å². The number of esters is 1. The lowest BCUT2D eigenvalue weighted by Gasteiger charge is -2.10. The number of alkyl halides is 1. The van der Waals surface area contributed by atoms with Crippen LogP contribution < -0.4 is 0 Å². The SMILES string of the molecule is O=C1O[C@@H]2C[C@@H]3C[C@@H]1[C@H]2[C@H]3F. The highest BCUT2D eigenvalue weighted by atomic mass is 19.1. The van der Waals surface area contributed by atoms with Gasteiger partial charge in [-0.25, -0.2) is 4.39 Å². The molecule has 3 aliphatic rings. The van der Waals surface area contributed by atoms with Crippen molar-refractivity contribution in [1.29, 1.82) is 0 Å². The first-order chi connectivity index (χ1) is 5.27. The molecule has 2 bridgehead atoms. The minimum atomic E-state index is -0.753. The lowest BCUT2D eigenvalue weighted by atomic mass is 9.90. The minimum absolute atomic E-state index is 0.0683. The molecule has 0 aromatic rings. The molecule has 1 heterocycles. The Kier molecular flexibility index (Phi) is 0.866. The van der Waals surface area contributed by atoms with E-state index in [4.69, 9.17) is 4.74 Å². The van der Waals surface area contributed by atoms with Crippen LogP contribution in [0.25, 0.3) is 0 Å². The summed E-state index contributed by atoms with van der Waals surface area (Å²) in [5.74, 6) is -0.189. The van der Waals surface area contributed by atoms with E-state index in [1.54, 1.807) is 0 Å². The number of halogens is 1. The molecule has 60 valence electrons. The van der Waals surface area contributed by atoms with Crippen LogP contribution in [-0.4, -0.2) is 18.2 Å². The zero-order chi connectivity index (χ0) is 7.59. The van der Waals surface area contributed by atoms with Crippen molar-refractivity contribution in [2.24, 2.45) is 17.8 Å². The van der Waals surface area contributed by atoms with Crippen molar-refractivity contribution in [3.63, 3.8) is 0 Å². The fourth-order valence-corrected chi connectivity index (χ4v) is 2.91. The molecule has 1 saturated heterocycles. The van der Waals surface area contributed by atoms with E-state index in [2.05, 4.69) is 0 Å². The van der Waals surface area contributed by atoms with Crippen molar-refractivity contribution >= 4 is 5.97 Å². The van der Waals surface area contributed by atoms with Crippen LogP contribution in [0.2, 0.25) is 0 Å². The molecule has 0 aromatic heterocycles. The summed E-state index contributed by atoms with van der Waals surface area (Å²) in [7, 11) is 0. The molecule has 0 radical (unpaired) electrons. The van der Waals surface area contributed by atoms with Crippen molar-refractivity contribution in [1.82, 2.24) is 0 Å². The average molecular weight is 156 g/mol. The molecular formula is C8H9FO2. The van der Waals surface area contributed by atoms with Crippen molar-refractivity contribution in [3.05, 3.63) is 0 Å². The molecular weight excluding hydrogens is 147 g/mol. The standard InChI is InChI=1S/C8H9FO2/c9-7-3-1-4-6(7)5(2-3)11-8(4)10/h3-7H,1-2H2/t3-,4+,5+,6+,7-/m0/s1. The summed E-state index contributed by atoms with van der Waals surface area (Å²) in [6.45, 7) is 0. The monoisotopic (exact) mass is 156 g/mol. The lowest BCUT2D eigenvalue weighted by Crippen LogP contribution is -2.18. The number of carbonyl (C=O) groups is 1. The van der Waals surface area contributed by atoms with E-state index in [1.165, 1.54) is 0 Å². The molecule has 0 N–H and O–H groups in total. The maximum absolute atomic E-state index is 13.3. The molecule has 2 saturated carbocycles. The minimum Gasteiger partial charge on any atom is -0.462 e. The highest BCUT2D eigenvalue weighted by Gasteiger charge is 2.62. The quantitative estimate of drug-likeness (QED) is 0.487. The molecule has 2 aliphatic carbocycles. The molecule has 5 atom stereocenters. The molecule has 0 spiro atoms. The first-order valence-corrected chi connectivity index (χ1v) is 4.12. The fourth-order valence-electron chi connectivity index (χ4n) is 2.91. The van der Waals surface area contributed by atoms with E-state index in [0.717, 1.165) is 12.8 Å². The molecule has 11 heavy (non-hydrogen) atoms. The van der Waals surface area contributed by atoms with Gasteiger partial charge in [0.2, 0.25) is 0 Å². The van der Waals surface area contributed by atoms with Crippen LogP contribution in [-0.2, 0) is 9.53 Å². The van der Waals surface area contributed by atoms with Gasteiger partial charge in [-0.2, -0.15) is 0 Å². The normalized spacial score (nSPS) is 58.6. The van der Waals surface area contributed by atoms with E-state index in [1.807, 2.05) is 0 Å². The third kappa shape index (κ3) is 0.522. The summed E-state index contributed by atoms with van der Waals surface area (Å²) in [5.41, 5.74) is 0. The van der Waals surface area contributed by atoms with Crippen LogP contribution in [0.5, 0.6) is 0 Å². The van der Waals surface area contributed by atoms with Crippen LogP contribution in [0.3, 0.4) is 0 Å². The number of ether oxygens (including phenoxy) is 1. The van der Waals surface area contributed by atoms with Gasteiger partial charge < -0.3 is 4.74 Å². The third-order valence-corrected chi connectivity index (χ3v) is 3.37. The Hall–Kier alpha value is -0.600. The second-order valence-electron chi connectivity index (χ2n) is 3.84. The van der Waals surface area contributed by atoms with Gasteiger partial charge in [-0.05, 0) is 18.8 Å². The van der Waals surface area contributed by atoms with Crippen molar-refractivity contribution in [2.75, 3.05) is 0 Å². The molecule has 2 nitrogen and oxygen atoms in total. The Morgan fingerprint density at radius 3 is 2.82 bits per heavy atom. The number of rotatable bonds is 0. The number of fused-ring (bicyclic) bond motifs is 1. The molecule has 3 heteroatoms. The smallest absolute Gasteiger partial charge is 0.309 e. The Morgan fingerprint density at radius 1 is 1.45 bits per heavy atom. The van der Waals surface area contributed by atoms with Gasteiger partial charge in [0.1, 0.15) is 12.3 Å². The fraction of sp³-hybridized carbons (Fsp3) is 0.875. The third-order valence-electron chi connectivity index (χ3n) is 3.37. The summed E-state index contributed by atoms with van der Waals surface area (Å²) in [6.07, 6.45) is 0.688. The van der Waals surface area contributed by atoms with Crippen molar-refractivity contribution < 1.29 is 13.9 Å². The highest BCUT2D eigenvalue weighted by molar-refractivity contribution is 5.76. The van der Waals surface area contributed by atoms with Crippen LogP contribution in [0, 0.1) is 17.8 Å².